The van der Waals surface area contributed by atoms with Gasteiger partial charge in [-0.2, -0.15) is 0 Å². The number of carbonyl (C=O) groups excluding carboxylic acids is 8. The number of amides is 8. The van der Waals surface area contributed by atoms with Crippen molar-refractivity contribution in [2.24, 2.45) is 22.2 Å². The number of unbranched alkanes of at least 4 members (excludes halogenated alkanes) is 10. The lowest BCUT2D eigenvalue weighted by atomic mass is 10.0. The summed E-state index contributed by atoms with van der Waals surface area (Å²) in [5, 5.41) is 20.2. The van der Waals surface area contributed by atoms with Crippen LogP contribution in [0.2, 0.25) is 0 Å². The zero-order chi connectivity index (χ0) is 56.1. The summed E-state index contributed by atoms with van der Waals surface area (Å²) in [5.74, 6) is -5.89. The van der Waals surface area contributed by atoms with Gasteiger partial charge in [-0.3, -0.25) is 43.3 Å². The second kappa shape index (κ2) is 33.4. The lowest BCUT2D eigenvalue weighted by molar-refractivity contribution is -0.136. The van der Waals surface area contributed by atoms with Crippen molar-refractivity contribution in [1.82, 2.24) is 52.2 Å². The van der Waals surface area contributed by atoms with Crippen LogP contribution in [0.5, 0.6) is 0 Å². The highest BCUT2D eigenvalue weighted by molar-refractivity contribution is 5.98. The number of nitrogens with zero attached hydrogens (tertiary/aromatic N) is 2. The van der Waals surface area contributed by atoms with Crippen LogP contribution < -0.4 is 54.4 Å². The maximum atomic E-state index is 14.7. The van der Waals surface area contributed by atoms with Gasteiger partial charge >= 0.3 is 0 Å². The van der Waals surface area contributed by atoms with Gasteiger partial charge in [-0.15, -0.1) is 0 Å². The molecule has 78 heavy (non-hydrogen) atoms. The van der Waals surface area contributed by atoms with E-state index in [0.717, 1.165) is 36.6 Å². The number of para-hydroxylation sites is 1. The van der Waals surface area contributed by atoms with Crippen LogP contribution in [0, 0.1) is 0 Å². The maximum absolute atomic E-state index is 14.7. The Balaban J connectivity index is 1.44. The molecule has 5 rings (SSSR count). The number of rotatable bonds is 24. The number of aromatic amines is 2. The smallest absolute Gasteiger partial charge is 0.243 e. The summed E-state index contributed by atoms with van der Waals surface area (Å²) in [4.78, 5) is 127. The van der Waals surface area contributed by atoms with Gasteiger partial charge in [0.1, 0.15) is 36.3 Å². The van der Waals surface area contributed by atoms with Crippen LogP contribution in [0.4, 0.5) is 0 Å². The second-order valence-corrected chi connectivity index (χ2v) is 20.1. The molecule has 6 atom stereocenters. The number of nitrogens with two attached hydrogens (primary N) is 3. The minimum absolute atomic E-state index is 0.0245. The fourth-order valence-electron chi connectivity index (χ4n) is 9.42. The molecule has 1 saturated heterocycles. The molecule has 15 N–H and O–H groups in total. The van der Waals surface area contributed by atoms with Crippen molar-refractivity contribution in [2.75, 3.05) is 13.1 Å². The molecule has 0 aliphatic carbocycles. The van der Waals surface area contributed by atoms with E-state index in [-0.39, 0.29) is 64.0 Å². The monoisotopic (exact) mass is 1080 g/mol. The van der Waals surface area contributed by atoms with Gasteiger partial charge in [-0.25, -0.2) is 4.98 Å². The molecule has 1 aliphatic heterocycles. The van der Waals surface area contributed by atoms with Crippen LogP contribution in [0.15, 0.2) is 78.3 Å². The molecule has 22 heteroatoms. The van der Waals surface area contributed by atoms with Gasteiger partial charge in [0, 0.05) is 67.8 Å². The molecule has 1 fully saturated rings. The Kier molecular flexibility index (Phi) is 26.1. The lowest BCUT2D eigenvalue weighted by Gasteiger charge is -2.27. The van der Waals surface area contributed by atoms with Gasteiger partial charge < -0.3 is 64.4 Å². The Bertz CT molecular complexity index is 2570. The number of benzene rings is 2. The minimum atomic E-state index is -1.41. The summed E-state index contributed by atoms with van der Waals surface area (Å²) < 4.78 is 0. The highest BCUT2D eigenvalue weighted by Crippen LogP contribution is 2.20. The van der Waals surface area contributed by atoms with E-state index in [9.17, 15) is 38.4 Å². The second-order valence-electron chi connectivity index (χ2n) is 20.1. The van der Waals surface area contributed by atoms with E-state index < -0.39 is 89.9 Å². The topological polar surface area (TPSA) is 356 Å². The van der Waals surface area contributed by atoms with Crippen molar-refractivity contribution in [1.29, 1.82) is 0 Å². The highest BCUT2D eigenvalue weighted by atomic mass is 16.2. The zero-order valence-corrected chi connectivity index (χ0v) is 45.0. The maximum Gasteiger partial charge on any atom is 0.243 e. The Morgan fingerprint density at radius 2 is 1.26 bits per heavy atom. The molecular weight excluding hydrogens is 997 g/mol. The van der Waals surface area contributed by atoms with Crippen molar-refractivity contribution in [3.8, 4) is 0 Å². The van der Waals surface area contributed by atoms with Crippen LogP contribution >= 0.6 is 0 Å². The fourth-order valence-corrected chi connectivity index (χ4v) is 9.42. The largest absolute Gasteiger partial charge is 0.370 e. The third kappa shape index (κ3) is 21.7. The molecule has 22 nitrogen and oxygen atoms in total. The predicted octanol–water partition coefficient (Wildman–Crippen LogP) is 2.76. The summed E-state index contributed by atoms with van der Waals surface area (Å²) in [7, 11) is 0. The van der Waals surface area contributed by atoms with Crippen molar-refractivity contribution >= 4 is 64.1 Å². The summed E-state index contributed by atoms with van der Waals surface area (Å²) >= 11 is 0. The molecular formula is C56H82N14O8. The quantitative estimate of drug-likeness (QED) is 0.0275. The molecule has 0 spiro atoms. The van der Waals surface area contributed by atoms with Crippen LogP contribution in [0.3, 0.4) is 0 Å². The van der Waals surface area contributed by atoms with Crippen molar-refractivity contribution < 1.29 is 38.4 Å². The molecule has 1 aliphatic rings. The number of H-pyrrole nitrogens is 2. The zero-order valence-electron chi connectivity index (χ0n) is 45.0. The van der Waals surface area contributed by atoms with Crippen molar-refractivity contribution in [3.63, 3.8) is 0 Å². The average Bonchev–Trinajstić information content (AvgIpc) is 4.11. The van der Waals surface area contributed by atoms with Gasteiger partial charge in [0.25, 0.3) is 0 Å². The van der Waals surface area contributed by atoms with Crippen LogP contribution in [-0.4, -0.2) is 118 Å². The van der Waals surface area contributed by atoms with Crippen LogP contribution in [0.1, 0.15) is 139 Å². The number of guanidine groups is 1. The Morgan fingerprint density at radius 3 is 1.92 bits per heavy atom. The average molecular weight is 1080 g/mol. The third-order valence-corrected chi connectivity index (χ3v) is 13.8. The van der Waals surface area contributed by atoms with Crippen molar-refractivity contribution in [2.45, 2.75) is 178 Å². The molecule has 4 aromatic rings. The SMILES string of the molecule is CCCCCCCCCCCCCC(=O)NC1CC(=O)NCCCC[C@@H](C(N)=O)NC(=O)[C@H](Cc2c[nH]c3ccccc23)NC(=O)[C@@H](CCCN=C(N)N)NC(=O)[C@H](Cc2ccccc2)NC(=O)[C@@H](Cc2cnc[nH]2)NC1=O. The first-order valence-electron chi connectivity index (χ1n) is 27.7. The molecule has 0 saturated carbocycles. The molecule has 8 amide bonds. The number of aliphatic imine (C=N–C) groups is 1. The van der Waals surface area contributed by atoms with Gasteiger partial charge in [0.15, 0.2) is 5.96 Å². The molecule has 2 aromatic heterocycles. The Morgan fingerprint density at radius 1 is 0.654 bits per heavy atom. The van der Waals surface area contributed by atoms with Crippen LogP contribution in [-0.2, 0) is 57.6 Å². The summed E-state index contributed by atoms with van der Waals surface area (Å²) in [6.45, 7) is 2.40. The van der Waals surface area contributed by atoms with Gasteiger partial charge in [0.2, 0.25) is 47.3 Å². The number of carbonyl (C=O) groups is 8. The van der Waals surface area contributed by atoms with E-state index >= 15 is 0 Å². The lowest BCUT2D eigenvalue weighted by Crippen LogP contribution is -2.60. The number of nitrogens with one attached hydrogen (secondary N) is 9. The molecule has 0 bridgehead atoms. The number of imidazole rings is 1. The minimum Gasteiger partial charge on any atom is -0.370 e. The summed E-state index contributed by atoms with van der Waals surface area (Å²) in [5.41, 5.74) is 19.6. The molecule has 424 valence electrons. The highest BCUT2D eigenvalue weighted by Gasteiger charge is 2.35. The third-order valence-electron chi connectivity index (χ3n) is 13.8. The van der Waals surface area contributed by atoms with Crippen molar-refractivity contribution in [3.05, 3.63) is 90.1 Å². The Hall–Kier alpha value is -7.78. The standard InChI is InChI=1S/C56H82N14O8/c1-2-3-4-5-6-7-8-9-10-11-15-27-48(71)65-47-33-49(72)61-28-19-18-25-42(50(57)73)66-53(76)45(31-38-34-63-41-24-17-16-23-40(38)41)69-51(74)43(26-20-29-62-56(58)59)67-52(75)44(30-37-21-13-12-14-22-37)68-54(77)46(70-55(47)78)32-39-35-60-36-64-39/h12-14,16-17,21-24,34-36,42-47,63H,2-11,15,18-20,25-33H2,1H3,(H2,57,73)(H,60,64)(H,61,72)(H,65,71)(H,66,76)(H,67,75)(H,68,77)(H,69,74)(H,70,78)(H4,58,59,62)/t42-,43+,44-,45-,46+,47?/m0/s1. The van der Waals surface area contributed by atoms with Gasteiger partial charge in [-0.05, 0) is 55.7 Å². The molecule has 2 aromatic carbocycles. The van der Waals surface area contributed by atoms with E-state index in [1.807, 2.05) is 24.3 Å². The summed E-state index contributed by atoms with van der Waals surface area (Å²) in [6.07, 6.45) is 16.9. The van der Waals surface area contributed by atoms with E-state index in [0.29, 0.717) is 36.1 Å². The van der Waals surface area contributed by atoms with Crippen LogP contribution in [0.25, 0.3) is 10.9 Å². The Labute approximate surface area is 456 Å². The fraction of sp³-hybridized carbons (Fsp3) is 0.536. The van der Waals surface area contributed by atoms with Gasteiger partial charge in [0.05, 0.1) is 12.7 Å². The number of fused-ring (bicyclic) bond motifs is 1. The molecule has 3 heterocycles. The van der Waals surface area contributed by atoms with E-state index in [1.54, 1.807) is 36.5 Å². The first-order valence-corrected chi connectivity index (χ1v) is 27.7. The van der Waals surface area contributed by atoms with Gasteiger partial charge in [-0.1, -0.05) is 120 Å². The van der Waals surface area contributed by atoms with E-state index in [2.05, 4.69) is 64.1 Å². The number of primary amides is 1. The molecule has 0 radical (unpaired) electrons. The first kappa shape index (κ1) is 61.1. The number of aromatic nitrogens is 3. The summed E-state index contributed by atoms with van der Waals surface area (Å²) in [6, 6.07) is 8.30. The normalized spacial score (nSPS) is 20.5. The first-order chi connectivity index (χ1) is 37.7. The predicted molar refractivity (Wildman–Crippen MR) is 298 cm³/mol. The number of hydrogen-bond donors (Lipinski definition) is 12. The molecule has 1 unspecified atom stereocenters. The van der Waals surface area contributed by atoms with E-state index in [4.69, 9.17) is 17.2 Å². The number of hydrogen-bond acceptors (Lipinski definition) is 10. The van der Waals surface area contributed by atoms with E-state index in [1.165, 1.54) is 51.0 Å².